The van der Waals surface area contributed by atoms with Gasteiger partial charge in [0.25, 0.3) is 5.89 Å². The molecule has 5 heteroatoms. The van der Waals surface area contributed by atoms with Crippen molar-refractivity contribution in [3.05, 3.63) is 29.3 Å². The fourth-order valence-corrected chi connectivity index (χ4v) is 1.44. The summed E-state index contributed by atoms with van der Waals surface area (Å²) in [5.74, 6) is 1.30. The first-order chi connectivity index (χ1) is 8.10. The van der Waals surface area contributed by atoms with E-state index < -0.39 is 0 Å². The summed E-state index contributed by atoms with van der Waals surface area (Å²) in [6.07, 6.45) is 0. The predicted molar refractivity (Wildman–Crippen MR) is 61.1 cm³/mol. The second kappa shape index (κ2) is 4.34. The van der Waals surface area contributed by atoms with Crippen molar-refractivity contribution in [2.75, 3.05) is 0 Å². The van der Waals surface area contributed by atoms with Crippen LogP contribution in [0, 0.1) is 18.3 Å². The molecule has 2 aromatic rings. The minimum Gasteiger partial charge on any atom is -0.334 e. The average Bonchev–Trinajstić information content (AvgIpc) is 2.77. The Morgan fingerprint density at radius 1 is 1.29 bits per heavy atom. The van der Waals surface area contributed by atoms with E-state index in [0.29, 0.717) is 17.4 Å². The molecule has 2 aromatic heterocycles. The van der Waals surface area contributed by atoms with E-state index in [0.717, 1.165) is 11.3 Å². The van der Waals surface area contributed by atoms with Crippen molar-refractivity contribution in [1.82, 2.24) is 15.1 Å². The summed E-state index contributed by atoms with van der Waals surface area (Å²) in [5.41, 5.74) is 1.83. The highest BCUT2D eigenvalue weighted by Crippen LogP contribution is 2.21. The molecular weight excluding hydrogens is 216 g/mol. The molecule has 0 N–H and O–H groups in total. The van der Waals surface area contributed by atoms with E-state index >= 15 is 0 Å². The van der Waals surface area contributed by atoms with E-state index in [1.807, 2.05) is 32.9 Å². The molecule has 5 nitrogen and oxygen atoms in total. The summed E-state index contributed by atoms with van der Waals surface area (Å²) in [6, 6.07) is 5.47. The van der Waals surface area contributed by atoms with Crippen LogP contribution in [0.15, 0.2) is 16.7 Å². The highest BCUT2D eigenvalue weighted by molar-refractivity contribution is 5.55. The van der Waals surface area contributed by atoms with E-state index in [4.69, 9.17) is 9.78 Å². The van der Waals surface area contributed by atoms with Gasteiger partial charge in [-0.15, -0.1) is 0 Å². The molecule has 0 spiro atoms. The molecule has 2 heterocycles. The Balaban J connectivity index is 2.45. The van der Waals surface area contributed by atoms with Crippen LogP contribution in [-0.2, 0) is 0 Å². The normalized spacial score (nSPS) is 10.5. The molecule has 86 valence electrons. The van der Waals surface area contributed by atoms with Gasteiger partial charge < -0.3 is 4.52 Å². The van der Waals surface area contributed by atoms with Crippen molar-refractivity contribution in [1.29, 1.82) is 5.26 Å². The lowest BCUT2D eigenvalue weighted by Gasteiger charge is -1.97. The second-order valence-corrected chi connectivity index (χ2v) is 4.11. The van der Waals surface area contributed by atoms with Crippen LogP contribution in [0.2, 0.25) is 0 Å². The van der Waals surface area contributed by atoms with Gasteiger partial charge in [-0.3, -0.25) is 0 Å². The van der Waals surface area contributed by atoms with Gasteiger partial charge in [-0.05, 0) is 19.1 Å². The number of aromatic nitrogens is 3. The predicted octanol–water partition coefficient (Wildman–Crippen LogP) is 2.44. The Labute approximate surface area is 99.1 Å². The van der Waals surface area contributed by atoms with Gasteiger partial charge >= 0.3 is 0 Å². The van der Waals surface area contributed by atoms with Gasteiger partial charge in [-0.25, -0.2) is 4.98 Å². The minimum atomic E-state index is 0.214. The van der Waals surface area contributed by atoms with E-state index in [1.165, 1.54) is 0 Å². The van der Waals surface area contributed by atoms with Crippen LogP contribution in [0.1, 0.15) is 37.0 Å². The van der Waals surface area contributed by atoms with Gasteiger partial charge in [0.05, 0.1) is 0 Å². The molecule has 0 fully saturated rings. The van der Waals surface area contributed by atoms with Crippen molar-refractivity contribution in [3.63, 3.8) is 0 Å². The Morgan fingerprint density at radius 3 is 2.65 bits per heavy atom. The lowest BCUT2D eigenvalue weighted by Crippen LogP contribution is -1.91. The summed E-state index contributed by atoms with van der Waals surface area (Å²) in [5, 5.41) is 12.7. The molecule has 17 heavy (non-hydrogen) atoms. The summed E-state index contributed by atoms with van der Waals surface area (Å²) < 4.78 is 5.17. The molecule has 0 aliphatic carbocycles. The standard InChI is InChI=1S/C12H12N4O/c1-7(2)11-15-12(17-16-11)9-4-8(3)14-10(5-9)6-13/h4-5,7H,1-3H3. The molecule has 0 unspecified atom stereocenters. The van der Waals surface area contributed by atoms with E-state index in [2.05, 4.69) is 15.1 Å². The van der Waals surface area contributed by atoms with Gasteiger partial charge in [-0.1, -0.05) is 19.0 Å². The first-order valence-electron chi connectivity index (χ1n) is 5.33. The van der Waals surface area contributed by atoms with Crippen LogP contribution in [0.4, 0.5) is 0 Å². The van der Waals surface area contributed by atoms with Crippen LogP contribution in [0.5, 0.6) is 0 Å². The molecular formula is C12H12N4O. The second-order valence-electron chi connectivity index (χ2n) is 4.11. The van der Waals surface area contributed by atoms with Gasteiger partial charge in [-0.2, -0.15) is 10.2 Å². The first kappa shape index (κ1) is 11.3. The number of hydrogen-bond donors (Lipinski definition) is 0. The number of hydrogen-bond acceptors (Lipinski definition) is 5. The number of nitriles is 1. The maximum absolute atomic E-state index is 8.85. The van der Waals surface area contributed by atoms with Crippen LogP contribution >= 0.6 is 0 Å². The third-order valence-corrected chi connectivity index (χ3v) is 2.27. The Morgan fingerprint density at radius 2 is 2.06 bits per heavy atom. The number of aryl methyl sites for hydroxylation is 1. The molecule has 0 saturated carbocycles. The lowest BCUT2D eigenvalue weighted by atomic mass is 10.2. The van der Waals surface area contributed by atoms with E-state index in [1.54, 1.807) is 6.07 Å². The minimum absolute atomic E-state index is 0.214. The highest BCUT2D eigenvalue weighted by atomic mass is 16.5. The van der Waals surface area contributed by atoms with E-state index in [-0.39, 0.29) is 5.92 Å². The Bertz CT molecular complexity index is 580. The fraction of sp³-hybridized carbons (Fsp3) is 0.333. The largest absolute Gasteiger partial charge is 0.334 e. The third-order valence-electron chi connectivity index (χ3n) is 2.27. The molecule has 0 radical (unpaired) electrons. The maximum atomic E-state index is 8.85. The molecule has 0 saturated heterocycles. The highest BCUT2D eigenvalue weighted by Gasteiger charge is 2.12. The van der Waals surface area contributed by atoms with Crippen molar-refractivity contribution < 1.29 is 4.52 Å². The van der Waals surface area contributed by atoms with Crippen LogP contribution in [0.25, 0.3) is 11.5 Å². The summed E-state index contributed by atoms with van der Waals surface area (Å²) in [4.78, 5) is 8.35. The molecule has 0 aliphatic rings. The summed E-state index contributed by atoms with van der Waals surface area (Å²) in [6.45, 7) is 5.81. The summed E-state index contributed by atoms with van der Waals surface area (Å²) in [7, 11) is 0. The monoisotopic (exact) mass is 228 g/mol. The average molecular weight is 228 g/mol. The maximum Gasteiger partial charge on any atom is 0.258 e. The van der Waals surface area contributed by atoms with Crippen molar-refractivity contribution in [3.8, 4) is 17.5 Å². The Hall–Kier alpha value is -2.22. The van der Waals surface area contributed by atoms with Gasteiger partial charge in [0, 0.05) is 17.2 Å². The van der Waals surface area contributed by atoms with Crippen molar-refractivity contribution in [2.45, 2.75) is 26.7 Å². The summed E-state index contributed by atoms with van der Waals surface area (Å²) >= 11 is 0. The zero-order valence-electron chi connectivity index (χ0n) is 9.93. The fourth-order valence-electron chi connectivity index (χ4n) is 1.44. The zero-order chi connectivity index (χ0) is 12.4. The van der Waals surface area contributed by atoms with E-state index in [9.17, 15) is 0 Å². The Kier molecular flexibility index (Phi) is 2.88. The molecule has 0 amide bonds. The lowest BCUT2D eigenvalue weighted by molar-refractivity contribution is 0.419. The number of rotatable bonds is 2. The molecule has 0 aliphatic heterocycles. The van der Waals surface area contributed by atoms with Gasteiger partial charge in [0.1, 0.15) is 11.8 Å². The number of pyridine rings is 1. The molecule has 0 atom stereocenters. The smallest absolute Gasteiger partial charge is 0.258 e. The van der Waals surface area contributed by atoms with Crippen LogP contribution in [0.3, 0.4) is 0 Å². The molecule has 0 aromatic carbocycles. The third kappa shape index (κ3) is 2.31. The van der Waals surface area contributed by atoms with Gasteiger partial charge in [0.15, 0.2) is 5.82 Å². The topological polar surface area (TPSA) is 75.6 Å². The zero-order valence-corrected chi connectivity index (χ0v) is 9.93. The quantitative estimate of drug-likeness (QED) is 0.789. The first-order valence-corrected chi connectivity index (χ1v) is 5.33. The van der Waals surface area contributed by atoms with Gasteiger partial charge in [0.2, 0.25) is 0 Å². The SMILES string of the molecule is Cc1cc(-c2nc(C(C)C)no2)cc(C#N)n1. The van der Waals surface area contributed by atoms with Crippen molar-refractivity contribution >= 4 is 0 Å². The van der Waals surface area contributed by atoms with Crippen LogP contribution < -0.4 is 0 Å². The molecule has 0 bridgehead atoms. The molecule has 2 rings (SSSR count). The number of nitrogens with zero attached hydrogens (tertiary/aromatic N) is 4. The van der Waals surface area contributed by atoms with Crippen molar-refractivity contribution in [2.24, 2.45) is 0 Å². The van der Waals surface area contributed by atoms with Crippen LogP contribution in [-0.4, -0.2) is 15.1 Å².